The zero-order valence-corrected chi connectivity index (χ0v) is 13.1. The fourth-order valence-electron chi connectivity index (χ4n) is 2.72. The molecule has 3 rings (SSSR count). The molecule has 0 aromatic carbocycles. The van der Waals surface area contributed by atoms with Crippen molar-refractivity contribution in [3.05, 3.63) is 35.3 Å². The second-order valence-electron chi connectivity index (χ2n) is 5.24. The first kappa shape index (κ1) is 13.8. The van der Waals surface area contributed by atoms with Gasteiger partial charge in [0.05, 0.1) is 0 Å². The van der Waals surface area contributed by atoms with E-state index < -0.39 is 0 Å². The van der Waals surface area contributed by atoms with Crippen LogP contribution in [-0.4, -0.2) is 39.1 Å². The lowest BCUT2D eigenvalue weighted by atomic mass is 10.1. The van der Waals surface area contributed by atoms with Crippen molar-refractivity contribution in [1.29, 1.82) is 0 Å². The molecule has 4 nitrogen and oxygen atoms in total. The Morgan fingerprint density at radius 1 is 1.10 bits per heavy atom. The highest BCUT2D eigenvalue weighted by atomic mass is 79.9. The Bertz CT molecular complexity index is 561. The largest absolute Gasteiger partial charge is 0.330 e. The van der Waals surface area contributed by atoms with E-state index in [1.54, 1.807) is 6.20 Å². The average Bonchev–Trinajstić information content (AvgIpc) is 2.95. The first-order valence-corrected chi connectivity index (χ1v) is 7.96. The minimum Gasteiger partial charge on any atom is -0.330 e. The fraction of sp³-hybridized carbons (Fsp3) is 0.467. The number of halogens is 1. The minimum atomic E-state index is 0.987. The van der Waals surface area contributed by atoms with E-state index in [0.717, 1.165) is 29.0 Å². The number of likely N-dealkylation sites (tertiary alicyclic amines) is 1. The molecule has 106 valence electrons. The molecule has 1 aliphatic rings. The van der Waals surface area contributed by atoms with Crippen molar-refractivity contribution in [2.75, 3.05) is 19.6 Å². The van der Waals surface area contributed by atoms with Crippen molar-refractivity contribution < 1.29 is 0 Å². The number of hydrogen-bond acceptors (Lipinski definition) is 3. The number of hydrogen-bond donors (Lipinski definition) is 0. The maximum atomic E-state index is 4.47. The maximum Gasteiger partial charge on any atom is 0.141 e. The predicted molar refractivity (Wildman–Crippen MR) is 83.4 cm³/mol. The zero-order chi connectivity index (χ0) is 13.8. The molecule has 1 saturated heterocycles. The summed E-state index contributed by atoms with van der Waals surface area (Å²) < 4.78 is 3.21. The van der Waals surface area contributed by atoms with Gasteiger partial charge in [-0.3, -0.25) is 4.98 Å². The number of aromatic nitrogens is 3. The third-order valence-electron chi connectivity index (χ3n) is 3.78. The lowest BCUT2D eigenvalue weighted by molar-refractivity contribution is 0.221. The van der Waals surface area contributed by atoms with Crippen LogP contribution < -0.4 is 0 Å². The van der Waals surface area contributed by atoms with Crippen molar-refractivity contribution in [3.63, 3.8) is 0 Å². The summed E-state index contributed by atoms with van der Waals surface area (Å²) in [7, 11) is 0. The normalized spacial score (nSPS) is 16.4. The molecular formula is C15H19BrN4. The molecule has 2 aromatic heterocycles. The van der Waals surface area contributed by atoms with Crippen LogP contribution in [0.2, 0.25) is 0 Å². The fourth-order valence-corrected chi connectivity index (χ4v) is 3.08. The van der Waals surface area contributed by atoms with Gasteiger partial charge in [-0.25, -0.2) is 4.98 Å². The number of nitrogens with zero attached hydrogens (tertiary/aromatic N) is 4. The van der Waals surface area contributed by atoms with E-state index in [1.807, 2.05) is 12.4 Å². The van der Waals surface area contributed by atoms with Crippen molar-refractivity contribution in [2.24, 2.45) is 0 Å². The van der Waals surface area contributed by atoms with Crippen LogP contribution in [0.25, 0.3) is 11.4 Å². The number of imidazole rings is 1. The Hall–Kier alpha value is -1.20. The van der Waals surface area contributed by atoms with Gasteiger partial charge in [-0.1, -0.05) is 6.42 Å². The third kappa shape index (κ3) is 3.27. The standard InChI is InChI=1S/C15H19BrN4/c16-14-10-13(11-17-12-14)15-18-4-7-20(15)9-8-19-5-2-1-3-6-19/h4,7,10-12H,1-3,5-6,8-9H2. The Kier molecular flexibility index (Phi) is 4.47. The molecule has 1 aliphatic heterocycles. The van der Waals surface area contributed by atoms with E-state index in [9.17, 15) is 0 Å². The van der Waals surface area contributed by atoms with Crippen LogP contribution in [-0.2, 0) is 6.54 Å². The molecule has 1 fully saturated rings. The van der Waals surface area contributed by atoms with Crippen LogP contribution in [0.5, 0.6) is 0 Å². The summed E-state index contributed by atoms with van der Waals surface area (Å²) in [6, 6.07) is 2.06. The summed E-state index contributed by atoms with van der Waals surface area (Å²) >= 11 is 3.47. The van der Waals surface area contributed by atoms with E-state index in [1.165, 1.54) is 32.4 Å². The summed E-state index contributed by atoms with van der Waals surface area (Å²) in [6.07, 6.45) is 11.6. The second kappa shape index (κ2) is 6.50. The Balaban J connectivity index is 1.70. The summed E-state index contributed by atoms with van der Waals surface area (Å²) in [5.74, 6) is 0.996. The summed E-state index contributed by atoms with van der Waals surface area (Å²) in [5.41, 5.74) is 1.06. The van der Waals surface area contributed by atoms with E-state index in [0.29, 0.717) is 0 Å². The number of pyridine rings is 1. The summed E-state index contributed by atoms with van der Waals surface area (Å²) in [5, 5.41) is 0. The lowest BCUT2D eigenvalue weighted by Gasteiger charge is -2.26. The van der Waals surface area contributed by atoms with Crippen LogP contribution in [0.15, 0.2) is 35.3 Å². The van der Waals surface area contributed by atoms with Crippen LogP contribution >= 0.6 is 15.9 Å². The van der Waals surface area contributed by atoms with Gasteiger partial charge in [0.2, 0.25) is 0 Å². The maximum absolute atomic E-state index is 4.47. The van der Waals surface area contributed by atoms with Gasteiger partial charge in [0.1, 0.15) is 5.82 Å². The van der Waals surface area contributed by atoms with E-state index >= 15 is 0 Å². The molecule has 0 unspecified atom stereocenters. The summed E-state index contributed by atoms with van der Waals surface area (Å²) in [6.45, 7) is 4.57. The third-order valence-corrected chi connectivity index (χ3v) is 4.22. The SMILES string of the molecule is Brc1cncc(-c2nccn2CCN2CCCCC2)c1. The lowest BCUT2D eigenvalue weighted by Crippen LogP contribution is -2.32. The van der Waals surface area contributed by atoms with Gasteiger partial charge in [0.25, 0.3) is 0 Å². The Morgan fingerprint density at radius 3 is 2.75 bits per heavy atom. The van der Waals surface area contributed by atoms with Gasteiger partial charge in [-0.05, 0) is 47.9 Å². The molecule has 0 N–H and O–H groups in total. The second-order valence-corrected chi connectivity index (χ2v) is 6.15. The zero-order valence-electron chi connectivity index (χ0n) is 11.5. The van der Waals surface area contributed by atoms with Crippen LogP contribution in [0.1, 0.15) is 19.3 Å². The summed E-state index contributed by atoms with van der Waals surface area (Å²) in [4.78, 5) is 11.2. The highest BCUT2D eigenvalue weighted by Crippen LogP contribution is 2.20. The topological polar surface area (TPSA) is 34.0 Å². The van der Waals surface area contributed by atoms with Gasteiger partial charge in [-0.2, -0.15) is 0 Å². The molecule has 0 atom stereocenters. The molecular weight excluding hydrogens is 316 g/mol. The Morgan fingerprint density at radius 2 is 1.95 bits per heavy atom. The monoisotopic (exact) mass is 334 g/mol. The molecule has 0 radical (unpaired) electrons. The van der Waals surface area contributed by atoms with E-state index in [-0.39, 0.29) is 0 Å². The molecule has 2 aromatic rings. The van der Waals surface area contributed by atoms with Gasteiger partial charge < -0.3 is 9.47 Å². The number of piperidine rings is 1. The van der Waals surface area contributed by atoms with E-state index in [4.69, 9.17) is 0 Å². The molecule has 0 aliphatic carbocycles. The first-order valence-electron chi connectivity index (χ1n) is 7.17. The van der Waals surface area contributed by atoms with Gasteiger partial charge in [0.15, 0.2) is 0 Å². The molecule has 0 saturated carbocycles. The van der Waals surface area contributed by atoms with Crippen molar-refractivity contribution in [2.45, 2.75) is 25.8 Å². The van der Waals surface area contributed by atoms with Crippen LogP contribution in [0.4, 0.5) is 0 Å². The molecule has 3 heterocycles. The predicted octanol–water partition coefficient (Wildman–Crippen LogP) is 3.19. The minimum absolute atomic E-state index is 0.987. The van der Waals surface area contributed by atoms with Crippen molar-refractivity contribution in [3.8, 4) is 11.4 Å². The van der Waals surface area contributed by atoms with Crippen molar-refractivity contribution >= 4 is 15.9 Å². The van der Waals surface area contributed by atoms with Crippen molar-refractivity contribution in [1.82, 2.24) is 19.4 Å². The number of rotatable bonds is 4. The van der Waals surface area contributed by atoms with Crippen LogP contribution in [0, 0.1) is 0 Å². The van der Waals surface area contributed by atoms with E-state index in [2.05, 4.69) is 47.6 Å². The quantitative estimate of drug-likeness (QED) is 0.861. The molecule has 0 spiro atoms. The highest BCUT2D eigenvalue weighted by Gasteiger charge is 2.11. The van der Waals surface area contributed by atoms with Gasteiger partial charge in [-0.15, -0.1) is 0 Å². The van der Waals surface area contributed by atoms with Gasteiger partial charge in [0, 0.05) is 47.9 Å². The molecule has 0 bridgehead atoms. The average molecular weight is 335 g/mol. The molecule has 20 heavy (non-hydrogen) atoms. The molecule has 5 heteroatoms. The van der Waals surface area contributed by atoms with Gasteiger partial charge >= 0.3 is 0 Å². The smallest absolute Gasteiger partial charge is 0.141 e. The first-order chi connectivity index (χ1) is 9.83. The van der Waals surface area contributed by atoms with Crippen LogP contribution in [0.3, 0.4) is 0 Å². The highest BCUT2D eigenvalue weighted by molar-refractivity contribution is 9.10. The Labute approximate surface area is 128 Å². The molecule has 0 amide bonds.